The second-order valence-electron chi connectivity index (χ2n) is 10.5. The zero-order valence-electron chi connectivity index (χ0n) is 23.0. The molecule has 0 saturated carbocycles. The van der Waals surface area contributed by atoms with Crippen molar-refractivity contribution in [3.8, 4) is 11.5 Å². The zero-order valence-corrected chi connectivity index (χ0v) is 23.0. The molecule has 4 heterocycles. The molecule has 6 rings (SSSR count). The highest BCUT2D eigenvalue weighted by Gasteiger charge is 2.14. The molecular formula is C28H36N10O3. The Kier molecular flexibility index (Phi) is 8.14. The number of hydrogen-bond donors (Lipinski definition) is 6. The normalized spacial score (nSPS) is 15.9. The van der Waals surface area contributed by atoms with E-state index in [0.717, 1.165) is 50.3 Å². The number of H-pyrrole nitrogens is 2. The summed E-state index contributed by atoms with van der Waals surface area (Å²) in [6.07, 6.45) is 4.91. The van der Waals surface area contributed by atoms with Gasteiger partial charge in [-0.3, -0.25) is 10.6 Å². The molecule has 0 radical (unpaired) electrons. The van der Waals surface area contributed by atoms with Crippen LogP contribution in [-0.2, 0) is 0 Å². The maximum Gasteiger partial charge on any atom is 0.321 e. The summed E-state index contributed by atoms with van der Waals surface area (Å²) < 4.78 is 6.07. The maximum absolute atomic E-state index is 12.3. The average molecular weight is 561 g/mol. The summed E-state index contributed by atoms with van der Waals surface area (Å²) in [5.74, 6) is 1.96. The molecule has 13 nitrogen and oxygen atoms in total. The van der Waals surface area contributed by atoms with Gasteiger partial charge in [0.1, 0.15) is 11.5 Å². The van der Waals surface area contributed by atoms with Crippen LogP contribution >= 0.6 is 0 Å². The molecule has 2 aliphatic rings. The molecule has 2 aromatic heterocycles. The van der Waals surface area contributed by atoms with Crippen LogP contribution in [0.2, 0.25) is 0 Å². The van der Waals surface area contributed by atoms with Gasteiger partial charge in [0.2, 0.25) is 11.9 Å². The SMILES string of the molecule is O=C(NCCN1CCCC1)Nc1nc2ccc(Oc3ccc4nc(NC(=O)NCCN5CCCC5)[nH]c4c3)cc2[nH]1. The Labute approximate surface area is 237 Å². The van der Waals surface area contributed by atoms with Crippen molar-refractivity contribution in [2.75, 3.05) is 63.0 Å². The number of benzene rings is 2. The number of aromatic nitrogens is 4. The summed E-state index contributed by atoms with van der Waals surface area (Å²) in [5.41, 5.74) is 2.89. The van der Waals surface area contributed by atoms with E-state index in [2.05, 4.69) is 51.0 Å². The third-order valence-electron chi connectivity index (χ3n) is 7.43. The van der Waals surface area contributed by atoms with Crippen LogP contribution in [0.15, 0.2) is 36.4 Å². The summed E-state index contributed by atoms with van der Waals surface area (Å²) in [7, 11) is 0. The first-order valence-corrected chi connectivity index (χ1v) is 14.3. The summed E-state index contributed by atoms with van der Waals surface area (Å²) in [6.45, 7) is 7.29. The number of imidazole rings is 2. The maximum atomic E-state index is 12.3. The standard InChI is InChI=1S/C28H36N10O3/c39-27(29-9-15-37-11-1-2-12-37)35-25-31-21-7-5-19(17-23(21)33-25)41-20-6-8-22-24(18-20)34-26(32-22)36-28(40)30-10-16-38-13-3-4-14-38/h5-8,17-18H,1-4,9-16H2,(H3,29,31,33,35,39)(H3,30,32,34,36,40). The number of hydrogen-bond acceptors (Lipinski definition) is 7. The number of fused-ring (bicyclic) bond motifs is 2. The second-order valence-corrected chi connectivity index (χ2v) is 10.5. The fourth-order valence-corrected chi connectivity index (χ4v) is 5.33. The molecule has 41 heavy (non-hydrogen) atoms. The molecule has 0 atom stereocenters. The minimum atomic E-state index is -0.291. The first kappa shape index (κ1) is 26.8. The van der Waals surface area contributed by atoms with Crippen molar-refractivity contribution < 1.29 is 14.3 Å². The van der Waals surface area contributed by atoms with Gasteiger partial charge in [-0.05, 0) is 76.1 Å². The number of urea groups is 2. The highest BCUT2D eigenvalue weighted by atomic mass is 16.5. The van der Waals surface area contributed by atoms with Crippen LogP contribution < -0.4 is 26.0 Å². The lowest BCUT2D eigenvalue weighted by atomic mass is 10.3. The number of amides is 4. The molecule has 0 unspecified atom stereocenters. The van der Waals surface area contributed by atoms with Crippen LogP contribution in [0.25, 0.3) is 22.1 Å². The Morgan fingerprint density at radius 3 is 1.59 bits per heavy atom. The number of anilines is 2. The largest absolute Gasteiger partial charge is 0.457 e. The Morgan fingerprint density at radius 2 is 1.15 bits per heavy atom. The minimum absolute atomic E-state index is 0.291. The summed E-state index contributed by atoms with van der Waals surface area (Å²) in [6, 6.07) is 10.4. The summed E-state index contributed by atoms with van der Waals surface area (Å²) >= 11 is 0. The minimum Gasteiger partial charge on any atom is -0.457 e. The molecule has 0 spiro atoms. The van der Waals surface area contributed by atoms with E-state index in [1.165, 1.54) is 25.7 Å². The van der Waals surface area contributed by atoms with Crippen LogP contribution in [0, 0.1) is 0 Å². The predicted octanol–water partition coefficient (Wildman–Crippen LogP) is 3.67. The topological polar surface area (TPSA) is 155 Å². The van der Waals surface area contributed by atoms with Crippen LogP contribution in [0.5, 0.6) is 11.5 Å². The van der Waals surface area contributed by atoms with Gasteiger partial charge in [0.25, 0.3) is 0 Å². The Balaban J connectivity index is 1.01. The van der Waals surface area contributed by atoms with Gasteiger partial charge in [0.15, 0.2) is 0 Å². The highest BCUT2D eigenvalue weighted by Crippen LogP contribution is 2.28. The second kappa shape index (κ2) is 12.4. The molecule has 2 fully saturated rings. The van der Waals surface area contributed by atoms with Crippen LogP contribution in [0.3, 0.4) is 0 Å². The number of likely N-dealkylation sites (tertiary alicyclic amines) is 2. The number of ether oxygens (including phenoxy) is 1. The number of rotatable bonds is 10. The molecule has 216 valence electrons. The first-order valence-electron chi connectivity index (χ1n) is 14.3. The van der Waals surface area contributed by atoms with E-state index in [4.69, 9.17) is 4.74 Å². The van der Waals surface area contributed by atoms with Crippen molar-refractivity contribution in [3.63, 3.8) is 0 Å². The first-order chi connectivity index (χ1) is 20.1. The Morgan fingerprint density at radius 1 is 0.707 bits per heavy atom. The van der Waals surface area contributed by atoms with Crippen molar-refractivity contribution >= 4 is 46.0 Å². The van der Waals surface area contributed by atoms with E-state index >= 15 is 0 Å². The third-order valence-corrected chi connectivity index (χ3v) is 7.43. The Hall–Kier alpha value is -4.36. The highest BCUT2D eigenvalue weighted by molar-refractivity contribution is 5.91. The summed E-state index contributed by atoms with van der Waals surface area (Å²) in [4.78, 5) is 44.4. The summed E-state index contributed by atoms with van der Waals surface area (Å²) in [5, 5.41) is 11.3. The fourth-order valence-electron chi connectivity index (χ4n) is 5.33. The van der Waals surface area contributed by atoms with Gasteiger partial charge < -0.3 is 35.1 Å². The molecule has 2 aliphatic heterocycles. The molecule has 4 aromatic rings. The van der Waals surface area contributed by atoms with Crippen LogP contribution in [0.1, 0.15) is 25.7 Å². The van der Waals surface area contributed by atoms with Crippen LogP contribution in [-0.4, -0.2) is 94.2 Å². The lowest BCUT2D eigenvalue weighted by molar-refractivity contribution is 0.248. The fraction of sp³-hybridized carbons (Fsp3) is 0.429. The van der Waals surface area contributed by atoms with Gasteiger partial charge in [-0.25, -0.2) is 19.6 Å². The van der Waals surface area contributed by atoms with Gasteiger partial charge in [0, 0.05) is 38.3 Å². The van der Waals surface area contributed by atoms with E-state index in [1.807, 2.05) is 36.4 Å². The average Bonchev–Trinajstić information content (AvgIpc) is 3.76. The number of nitrogens with one attached hydrogen (secondary N) is 6. The van der Waals surface area contributed by atoms with Gasteiger partial charge in [-0.1, -0.05) is 0 Å². The lowest BCUT2D eigenvalue weighted by Crippen LogP contribution is -2.36. The van der Waals surface area contributed by atoms with E-state index in [1.54, 1.807) is 0 Å². The van der Waals surface area contributed by atoms with Gasteiger partial charge >= 0.3 is 12.1 Å². The molecule has 6 N–H and O–H groups in total. The van der Waals surface area contributed by atoms with Gasteiger partial charge in [-0.15, -0.1) is 0 Å². The molecule has 4 amide bonds. The lowest BCUT2D eigenvalue weighted by Gasteiger charge is -2.14. The van der Waals surface area contributed by atoms with E-state index in [9.17, 15) is 9.59 Å². The van der Waals surface area contributed by atoms with Crippen molar-refractivity contribution in [1.29, 1.82) is 0 Å². The number of carbonyl (C=O) groups is 2. The van der Waals surface area contributed by atoms with Crippen molar-refractivity contribution in [3.05, 3.63) is 36.4 Å². The molecular weight excluding hydrogens is 524 g/mol. The Bertz CT molecular complexity index is 1390. The molecule has 13 heteroatoms. The number of nitrogens with zero attached hydrogens (tertiary/aromatic N) is 4. The van der Waals surface area contributed by atoms with Gasteiger partial charge in [0.05, 0.1) is 22.1 Å². The molecule has 2 aromatic carbocycles. The van der Waals surface area contributed by atoms with Crippen molar-refractivity contribution in [1.82, 2.24) is 40.4 Å². The van der Waals surface area contributed by atoms with E-state index < -0.39 is 0 Å². The number of carbonyl (C=O) groups excluding carboxylic acids is 2. The van der Waals surface area contributed by atoms with Gasteiger partial charge in [-0.2, -0.15) is 0 Å². The molecule has 2 saturated heterocycles. The van der Waals surface area contributed by atoms with Crippen LogP contribution in [0.4, 0.5) is 21.5 Å². The predicted molar refractivity (Wildman–Crippen MR) is 158 cm³/mol. The number of aromatic amines is 2. The van der Waals surface area contributed by atoms with Crippen molar-refractivity contribution in [2.45, 2.75) is 25.7 Å². The van der Waals surface area contributed by atoms with Crippen molar-refractivity contribution in [2.24, 2.45) is 0 Å². The monoisotopic (exact) mass is 560 g/mol. The smallest absolute Gasteiger partial charge is 0.321 e. The quantitative estimate of drug-likeness (QED) is 0.173. The van der Waals surface area contributed by atoms with E-state index in [-0.39, 0.29) is 12.1 Å². The third kappa shape index (κ3) is 7.05. The zero-order chi connectivity index (χ0) is 28.0. The molecule has 0 aliphatic carbocycles. The molecule has 0 bridgehead atoms. The van der Waals surface area contributed by atoms with E-state index in [0.29, 0.717) is 47.5 Å².